The van der Waals surface area contributed by atoms with Crippen molar-refractivity contribution in [1.82, 2.24) is 19.6 Å². The van der Waals surface area contributed by atoms with Gasteiger partial charge in [0.25, 0.3) is 5.56 Å². The molecule has 0 aliphatic heterocycles. The van der Waals surface area contributed by atoms with E-state index < -0.39 is 0 Å². The van der Waals surface area contributed by atoms with Crippen LogP contribution in [0.15, 0.2) is 33.4 Å². The Bertz CT molecular complexity index is 905. The minimum atomic E-state index is -0.0508. The zero-order chi connectivity index (χ0) is 17.1. The summed E-state index contributed by atoms with van der Waals surface area (Å²) in [6, 6.07) is 7.62. The van der Waals surface area contributed by atoms with E-state index in [0.29, 0.717) is 17.4 Å². The molecule has 126 valence electrons. The van der Waals surface area contributed by atoms with E-state index in [4.69, 9.17) is 0 Å². The molecule has 3 heterocycles. The zero-order valence-corrected chi connectivity index (χ0v) is 15.4. The van der Waals surface area contributed by atoms with E-state index in [9.17, 15) is 4.79 Å². The van der Waals surface area contributed by atoms with E-state index in [-0.39, 0.29) is 5.56 Å². The standard InChI is InChI=1S/C16H19N5OS2/c1-4-10(2)17-15-19-20-16(24-15)23-9-12-8-14(22)21-11(3)6-5-7-13(21)18-12/h5-8,10H,4,9H2,1-3H3,(H,17,19)/t10-/m0/s1. The number of rotatable bonds is 6. The molecule has 0 fully saturated rings. The zero-order valence-electron chi connectivity index (χ0n) is 13.8. The van der Waals surface area contributed by atoms with Gasteiger partial charge in [0.05, 0.1) is 5.69 Å². The van der Waals surface area contributed by atoms with Crippen molar-refractivity contribution in [2.75, 3.05) is 5.32 Å². The molecule has 0 saturated heterocycles. The monoisotopic (exact) mass is 361 g/mol. The van der Waals surface area contributed by atoms with Crippen LogP contribution in [-0.2, 0) is 5.75 Å². The highest BCUT2D eigenvalue weighted by Gasteiger charge is 2.09. The van der Waals surface area contributed by atoms with Gasteiger partial charge >= 0.3 is 0 Å². The molecule has 1 atom stereocenters. The Kier molecular flexibility index (Phi) is 5.15. The Morgan fingerprint density at radius 2 is 2.21 bits per heavy atom. The third-order valence-corrected chi connectivity index (χ3v) is 5.69. The molecule has 6 nitrogen and oxygen atoms in total. The number of thioether (sulfide) groups is 1. The summed E-state index contributed by atoms with van der Waals surface area (Å²) in [4.78, 5) is 16.8. The van der Waals surface area contributed by atoms with Gasteiger partial charge in [0.2, 0.25) is 5.13 Å². The molecular weight excluding hydrogens is 342 g/mol. The molecule has 3 aromatic heterocycles. The molecule has 0 amide bonds. The molecule has 3 rings (SSSR count). The second-order valence-electron chi connectivity index (χ2n) is 5.56. The smallest absolute Gasteiger partial charge is 0.258 e. The minimum Gasteiger partial charge on any atom is -0.358 e. The number of fused-ring (bicyclic) bond motifs is 1. The van der Waals surface area contributed by atoms with Gasteiger partial charge in [0, 0.05) is 23.6 Å². The van der Waals surface area contributed by atoms with Gasteiger partial charge in [-0.05, 0) is 32.4 Å². The summed E-state index contributed by atoms with van der Waals surface area (Å²) in [6.45, 7) is 6.14. The van der Waals surface area contributed by atoms with Crippen molar-refractivity contribution in [1.29, 1.82) is 0 Å². The molecule has 0 bridgehead atoms. The van der Waals surface area contributed by atoms with E-state index in [1.54, 1.807) is 22.2 Å². The highest BCUT2D eigenvalue weighted by atomic mass is 32.2. The van der Waals surface area contributed by atoms with Crippen LogP contribution in [-0.4, -0.2) is 25.6 Å². The van der Waals surface area contributed by atoms with Crippen molar-refractivity contribution in [2.45, 2.75) is 43.3 Å². The maximum absolute atomic E-state index is 12.3. The summed E-state index contributed by atoms with van der Waals surface area (Å²) in [6.07, 6.45) is 1.03. The van der Waals surface area contributed by atoms with Gasteiger partial charge in [-0.2, -0.15) is 0 Å². The SMILES string of the molecule is CC[C@H](C)Nc1nnc(SCc2cc(=O)n3c(C)cccc3n2)s1. The Morgan fingerprint density at radius 3 is 3.00 bits per heavy atom. The van der Waals surface area contributed by atoms with Crippen molar-refractivity contribution in [2.24, 2.45) is 0 Å². The number of nitrogens with one attached hydrogen (secondary N) is 1. The maximum Gasteiger partial charge on any atom is 0.258 e. The average molecular weight is 361 g/mol. The Labute approximate surface area is 148 Å². The minimum absolute atomic E-state index is 0.0508. The lowest BCUT2D eigenvalue weighted by Crippen LogP contribution is -2.17. The maximum atomic E-state index is 12.3. The van der Waals surface area contributed by atoms with Crippen molar-refractivity contribution >= 4 is 33.9 Å². The predicted molar refractivity (Wildman–Crippen MR) is 99.0 cm³/mol. The molecule has 0 radical (unpaired) electrons. The first-order chi connectivity index (χ1) is 11.6. The molecule has 0 unspecified atom stereocenters. The number of aryl methyl sites for hydroxylation is 1. The highest BCUT2D eigenvalue weighted by Crippen LogP contribution is 2.28. The molecule has 24 heavy (non-hydrogen) atoms. The molecule has 8 heteroatoms. The van der Waals surface area contributed by atoms with Crippen molar-refractivity contribution < 1.29 is 0 Å². The number of hydrogen-bond acceptors (Lipinski definition) is 7. The van der Waals surface area contributed by atoms with Crippen molar-refractivity contribution in [3.8, 4) is 0 Å². The first-order valence-corrected chi connectivity index (χ1v) is 9.58. The van der Waals surface area contributed by atoms with E-state index in [2.05, 4.69) is 34.3 Å². The summed E-state index contributed by atoms with van der Waals surface area (Å²) >= 11 is 3.07. The number of pyridine rings is 1. The van der Waals surface area contributed by atoms with Crippen LogP contribution in [0.4, 0.5) is 5.13 Å². The Balaban J connectivity index is 1.73. The highest BCUT2D eigenvalue weighted by molar-refractivity contribution is 8.00. The summed E-state index contributed by atoms with van der Waals surface area (Å²) in [7, 11) is 0. The summed E-state index contributed by atoms with van der Waals surface area (Å²) in [5.74, 6) is 0.595. The second-order valence-corrected chi connectivity index (χ2v) is 7.76. The van der Waals surface area contributed by atoms with E-state index in [1.165, 1.54) is 11.3 Å². The predicted octanol–water partition coefficient (Wildman–Crippen LogP) is 3.36. The van der Waals surface area contributed by atoms with E-state index in [0.717, 1.165) is 27.3 Å². The molecule has 3 aromatic rings. The van der Waals surface area contributed by atoms with Crippen molar-refractivity contribution in [3.63, 3.8) is 0 Å². The van der Waals surface area contributed by atoms with Gasteiger partial charge in [-0.1, -0.05) is 36.1 Å². The summed E-state index contributed by atoms with van der Waals surface area (Å²) in [5.41, 5.74) is 2.26. The molecule has 0 aliphatic rings. The van der Waals surface area contributed by atoms with Crippen LogP contribution in [0.5, 0.6) is 0 Å². The van der Waals surface area contributed by atoms with Crippen LogP contribution >= 0.6 is 23.1 Å². The van der Waals surface area contributed by atoms with Crippen LogP contribution < -0.4 is 10.9 Å². The van der Waals surface area contributed by atoms with Gasteiger partial charge in [0.1, 0.15) is 5.65 Å². The quantitative estimate of drug-likeness (QED) is 0.679. The lowest BCUT2D eigenvalue weighted by Gasteiger charge is -2.07. The third kappa shape index (κ3) is 3.76. The summed E-state index contributed by atoms with van der Waals surface area (Å²) < 4.78 is 2.49. The molecular formula is C16H19N5OS2. The van der Waals surface area contributed by atoms with Gasteiger partial charge < -0.3 is 5.32 Å². The van der Waals surface area contributed by atoms with Gasteiger partial charge in [-0.25, -0.2) is 4.98 Å². The molecule has 0 aromatic carbocycles. The van der Waals surface area contributed by atoms with Crippen LogP contribution in [0, 0.1) is 6.92 Å². The summed E-state index contributed by atoms with van der Waals surface area (Å²) in [5, 5.41) is 12.5. The molecule has 1 N–H and O–H groups in total. The third-order valence-electron chi connectivity index (χ3n) is 3.67. The normalized spacial score (nSPS) is 12.5. The van der Waals surface area contributed by atoms with E-state index >= 15 is 0 Å². The van der Waals surface area contributed by atoms with Crippen LogP contribution in [0.1, 0.15) is 31.7 Å². The number of anilines is 1. The van der Waals surface area contributed by atoms with Crippen LogP contribution in [0.25, 0.3) is 5.65 Å². The van der Waals surface area contributed by atoms with Crippen LogP contribution in [0.2, 0.25) is 0 Å². The van der Waals surface area contributed by atoms with Crippen molar-refractivity contribution in [3.05, 3.63) is 46.0 Å². The molecule has 0 aliphatic carbocycles. The Morgan fingerprint density at radius 1 is 1.38 bits per heavy atom. The van der Waals surface area contributed by atoms with Gasteiger partial charge in [0.15, 0.2) is 4.34 Å². The average Bonchev–Trinajstić information content (AvgIpc) is 3.00. The Hall–Kier alpha value is -1.93. The molecule has 0 spiro atoms. The van der Waals surface area contributed by atoms with Gasteiger partial charge in [-0.15, -0.1) is 10.2 Å². The number of hydrogen-bond donors (Lipinski definition) is 1. The fourth-order valence-electron chi connectivity index (χ4n) is 2.21. The lowest BCUT2D eigenvalue weighted by molar-refractivity contribution is 0.759. The first-order valence-electron chi connectivity index (χ1n) is 7.78. The largest absolute Gasteiger partial charge is 0.358 e. The van der Waals surface area contributed by atoms with Gasteiger partial charge in [-0.3, -0.25) is 9.20 Å². The topological polar surface area (TPSA) is 72.2 Å². The number of nitrogens with zero attached hydrogens (tertiary/aromatic N) is 4. The first kappa shape index (κ1) is 16.9. The van der Waals surface area contributed by atoms with Crippen LogP contribution in [0.3, 0.4) is 0 Å². The fraction of sp³-hybridized carbons (Fsp3) is 0.375. The fourth-order valence-corrected chi connectivity index (χ4v) is 3.97. The number of aromatic nitrogens is 4. The second kappa shape index (κ2) is 7.31. The van der Waals surface area contributed by atoms with E-state index in [1.807, 2.05) is 25.1 Å². The molecule has 0 saturated carbocycles. The lowest BCUT2D eigenvalue weighted by atomic mass is 10.3.